The Labute approximate surface area is 115 Å². The zero-order valence-corrected chi connectivity index (χ0v) is 10.8. The second-order valence-electron chi connectivity index (χ2n) is 4.39. The molecule has 0 radical (unpaired) electrons. The highest BCUT2D eigenvalue weighted by Crippen LogP contribution is 2.04. The molecule has 0 spiro atoms. The summed E-state index contributed by atoms with van der Waals surface area (Å²) in [6, 6.07) is 11.7. The number of nitrogens with one attached hydrogen (secondary N) is 1. The third-order valence-electron chi connectivity index (χ3n) is 2.84. The van der Waals surface area contributed by atoms with Gasteiger partial charge in [-0.15, -0.1) is 0 Å². The molecule has 2 aromatic rings. The SMILES string of the molecule is O=C(NC(CO)Cc1ccccc1)c1ccc(=O)oc1. The van der Waals surface area contributed by atoms with Gasteiger partial charge in [0, 0.05) is 6.07 Å². The predicted molar refractivity (Wildman–Crippen MR) is 73.5 cm³/mol. The number of aliphatic hydroxyl groups is 1. The van der Waals surface area contributed by atoms with Crippen molar-refractivity contribution in [2.75, 3.05) is 6.61 Å². The molecule has 1 atom stereocenters. The standard InChI is InChI=1S/C15H15NO4/c17-9-13(8-11-4-2-1-3-5-11)16-15(19)12-6-7-14(18)20-10-12/h1-7,10,13,17H,8-9H2,(H,16,19). The quantitative estimate of drug-likeness (QED) is 0.851. The number of benzene rings is 1. The van der Waals surface area contributed by atoms with Crippen molar-refractivity contribution in [2.45, 2.75) is 12.5 Å². The second-order valence-corrected chi connectivity index (χ2v) is 4.39. The molecule has 1 unspecified atom stereocenters. The minimum absolute atomic E-state index is 0.169. The summed E-state index contributed by atoms with van der Waals surface area (Å²) in [5.74, 6) is -0.385. The fourth-order valence-electron chi connectivity index (χ4n) is 1.82. The minimum Gasteiger partial charge on any atom is -0.430 e. The molecule has 1 aromatic heterocycles. The largest absolute Gasteiger partial charge is 0.430 e. The molecule has 0 saturated carbocycles. The van der Waals surface area contributed by atoms with Crippen molar-refractivity contribution < 1.29 is 14.3 Å². The molecule has 2 rings (SSSR count). The summed E-state index contributed by atoms with van der Waals surface area (Å²) < 4.78 is 4.63. The van der Waals surface area contributed by atoms with E-state index in [1.165, 1.54) is 12.1 Å². The molecule has 104 valence electrons. The van der Waals surface area contributed by atoms with Gasteiger partial charge in [-0.3, -0.25) is 4.79 Å². The van der Waals surface area contributed by atoms with Crippen LogP contribution < -0.4 is 10.9 Å². The van der Waals surface area contributed by atoms with E-state index in [9.17, 15) is 14.7 Å². The van der Waals surface area contributed by atoms with E-state index in [0.717, 1.165) is 11.8 Å². The third-order valence-corrected chi connectivity index (χ3v) is 2.84. The Morgan fingerprint density at radius 3 is 2.55 bits per heavy atom. The molecule has 2 N–H and O–H groups in total. The van der Waals surface area contributed by atoms with E-state index in [4.69, 9.17) is 0 Å². The average Bonchev–Trinajstić information content (AvgIpc) is 2.48. The molecule has 1 heterocycles. The first-order valence-electron chi connectivity index (χ1n) is 6.23. The molecular formula is C15H15NO4. The van der Waals surface area contributed by atoms with E-state index in [2.05, 4.69) is 9.73 Å². The Morgan fingerprint density at radius 2 is 1.95 bits per heavy atom. The Balaban J connectivity index is 2.01. The first-order chi connectivity index (χ1) is 9.69. The number of hydrogen-bond acceptors (Lipinski definition) is 4. The Bertz CT molecular complexity index is 601. The lowest BCUT2D eigenvalue weighted by atomic mass is 10.1. The highest BCUT2D eigenvalue weighted by atomic mass is 16.4. The molecule has 1 aromatic carbocycles. The Morgan fingerprint density at radius 1 is 1.20 bits per heavy atom. The van der Waals surface area contributed by atoms with Crippen molar-refractivity contribution >= 4 is 5.91 Å². The first kappa shape index (κ1) is 14.0. The van der Waals surface area contributed by atoms with Crippen LogP contribution in [0.2, 0.25) is 0 Å². The summed E-state index contributed by atoms with van der Waals surface area (Å²) in [6.45, 7) is -0.169. The third kappa shape index (κ3) is 3.80. The van der Waals surface area contributed by atoms with Gasteiger partial charge in [-0.25, -0.2) is 4.79 Å². The van der Waals surface area contributed by atoms with E-state index in [1.54, 1.807) is 0 Å². The smallest absolute Gasteiger partial charge is 0.335 e. The fraction of sp³-hybridized carbons (Fsp3) is 0.200. The van der Waals surface area contributed by atoms with Gasteiger partial charge in [-0.1, -0.05) is 30.3 Å². The number of hydrogen-bond donors (Lipinski definition) is 2. The monoisotopic (exact) mass is 273 g/mol. The maximum Gasteiger partial charge on any atom is 0.335 e. The van der Waals surface area contributed by atoms with Crippen LogP contribution in [-0.2, 0) is 6.42 Å². The number of rotatable bonds is 5. The maximum absolute atomic E-state index is 11.9. The number of amides is 1. The van der Waals surface area contributed by atoms with Gasteiger partial charge in [0.1, 0.15) is 6.26 Å². The summed E-state index contributed by atoms with van der Waals surface area (Å²) in [5.41, 5.74) is 0.757. The molecular weight excluding hydrogens is 258 g/mol. The normalized spacial score (nSPS) is 11.8. The highest BCUT2D eigenvalue weighted by molar-refractivity contribution is 5.93. The Kier molecular flexibility index (Phi) is 4.68. The second kappa shape index (κ2) is 6.68. The van der Waals surface area contributed by atoms with Crippen molar-refractivity contribution in [3.05, 3.63) is 70.3 Å². The average molecular weight is 273 g/mol. The van der Waals surface area contributed by atoms with Crippen LogP contribution in [0.25, 0.3) is 0 Å². The van der Waals surface area contributed by atoms with Crippen molar-refractivity contribution in [1.29, 1.82) is 0 Å². The Hall–Kier alpha value is -2.40. The molecule has 0 aliphatic rings. The minimum atomic E-state index is -0.510. The molecule has 20 heavy (non-hydrogen) atoms. The molecule has 0 bridgehead atoms. The van der Waals surface area contributed by atoms with Gasteiger partial charge in [0.2, 0.25) is 0 Å². The maximum atomic E-state index is 11.9. The lowest BCUT2D eigenvalue weighted by Gasteiger charge is -2.16. The van der Waals surface area contributed by atoms with Gasteiger partial charge >= 0.3 is 5.63 Å². The first-order valence-corrected chi connectivity index (χ1v) is 6.23. The highest BCUT2D eigenvalue weighted by Gasteiger charge is 2.14. The van der Waals surface area contributed by atoms with E-state index in [-0.39, 0.29) is 18.1 Å². The van der Waals surface area contributed by atoms with Gasteiger partial charge in [-0.05, 0) is 18.1 Å². The fourth-order valence-corrected chi connectivity index (χ4v) is 1.82. The van der Waals surface area contributed by atoms with Gasteiger partial charge in [0.25, 0.3) is 5.91 Å². The van der Waals surface area contributed by atoms with Crippen LogP contribution in [0.4, 0.5) is 0 Å². The van der Waals surface area contributed by atoms with Crippen molar-refractivity contribution in [3.63, 3.8) is 0 Å². The molecule has 0 aliphatic heterocycles. The van der Waals surface area contributed by atoms with Crippen LogP contribution >= 0.6 is 0 Å². The predicted octanol–water partition coefficient (Wildman–Crippen LogP) is 0.973. The number of carbonyl (C=O) groups is 1. The number of aliphatic hydroxyl groups excluding tert-OH is 1. The summed E-state index contributed by atoms with van der Waals surface area (Å²) in [4.78, 5) is 22.8. The van der Waals surface area contributed by atoms with Crippen LogP contribution in [0.15, 0.2) is 57.9 Å². The molecule has 0 aliphatic carbocycles. The van der Waals surface area contributed by atoms with Crippen molar-refractivity contribution in [1.82, 2.24) is 5.32 Å². The summed E-state index contributed by atoms with van der Waals surface area (Å²) in [5, 5.41) is 12.0. The molecule has 1 amide bonds. The number of carbonyl (C=O) groups excluding carboxylic acids is 1. The summed E-state index contributed by atoms with van der Waals surface area (Å²) in [6.07, 6.45) is 1.63. The van der Waals surface area contributed by atoms with Crippen LogP contribution in [0.5, 0.6) is 0 Å². The van der Waals surface area contributed by atoms with Gasteiger partial charge in [0.15, 0.2) is 0 Å². The van der Waals surface area contributed by atoms with Crippen molar-refractivity contribution in [2.24, 2.45) is 0 Å². The van der Waals surface area contributed by atoms with E-state index < -0.39 is 11.7 Å². The molecule has 0 saturated heterocycles. The lowest BCUT2D eigenvalue weighted by Crippen LogP contribution is -2.39. The van der Waals surface area contributed by atoms with E-state index in [1.807, 2.05) is 30.3 Å². The molecule has 0 fully saturated rings. The summed E-state index contributed by atoms with van der Waals surface area (Å²) >= 11 is 0. The zero-order valence-electron chi connectivity index (χ0n) is 10.8. The lowest BCUT2D eigenvalue weighted by molar-refractivity contribution is 0.0914. The van der Waals surface area contributed by atoms with E-state index in [0.29, 0.717) is 6.42 Å². The van der Waals surface area contributed by atoms with Crippen molar-refractivity contribution in [3.8, 4) is 0 Å². The van der Waals surface area contributed by atoms with Crippen LogP contribution in [0.3, 0.4) is 0 Å². The van der Waals surface area contributed by atoms with Crippen LogP contribution in [-0.4, -0.2) is 23.7 Å². The van der Waals surface area contributed by atoms with E-state index >= 15 is 0 Å². The van der Waals surface area contributed by atoms with Crippen LogP contribution in [0.1, 0.15) is 15.9 Å². The summed E-state index contributed by atoms with van der Waals surface area (Å²) in [7, 11) is 0. The zero-order chi connectivity index (χ0) is 14.4. The molecule has 5 heteroatoms. The van der Waals surface area contributed by atoms with Gasteiger partial charge < -0.3 is 14.8 Å². The van der Waals surface area contributed by atoms with Crippen LogP contribution in [0, 0.1) is 0 Å². The topological polar surface area (TPSA) is 79.5 Å². The van der Waals surface area contributed by atoms with Gasteiger partial charge in [0.05, 0.1) is 18.2 Å². The molecule has 5 nitrogen and oxygen atoms in total. The van der Waals surface area contributed by atoms with Gasteiger partial charge in [-0.2, -0.15) is 0 Å².